The maximum atomic E-state index is 13.1. The molecule has 0 atom stereocenters. The number of benzene rings is 2. The lowest BCUT2D eigenvalue weighted by Gasteiger charge is -2.13. The number of ether oxygens (including phenoxy) is 2. The van der Waals surface area contributed by atoms with Crippen LogP contribution < -0.4 is 10.1 Å². The van der Waals surface area contributed by atoms with Crippen molar-refractivity contribution in [2.75, 3.05) is 19.5 Å². The first-order chi connectivity index (χ1) is 9.74. The lowest BCUT2D eigenvalue weighted by atomic mass is 10.1. The van der Waals surface area contributed by atoms with Gasteiger partial charge in [0.1, 0.15) is 11.6 Å². The molecule has 0 saturated heterocycles. The van der Waals surface area contributed by atoms with Crippen molar-refractivity contribution in [1.82, 2.24) is 0 Å². The van der Waals surface area contributed by atoms with E-state index in [4.69, 9.17) is 9.47 Å². The van der Waals surface area contributed by atoms with Crippen molar-refractivity contribution in [2.24, 2.45) is 0 Å². The molecule has 0 amide bonds. The minimum absolute atomic E-state index is 0.313. The Hall–Kier alpha value is -2.07. The molecular weight excluding hydrogens is 257 g/mol. The summed E-state index contributed by atoms with van der Waals surface area (Å²) < 4.78 is 23.5. The first-order valence-corrected chi connectivity index (χ1v) is 6.37. The fourth-order valence-electron chi connectivity index (χ4n) is 2.03. The summed E-state index contributed by atoms with van der Waals surface area (Å²) in [4.78, 5) is 0. The smallest absolute Gasteiger partial charge is 0.144 e. The number of rotatable bonds is 6. The van der Waals surface area contributed by atoms with E-state index in [9.17, 15) is 4.39 Å². The van der Waals surface area contributed by atoms with Crippen LogP contribution in [0.2, 0.25) is 0 Å². The monoisotopic (exact) mass is 275 g/mol. The quantitative estimate of drug-likeness (QED) is 0.874. The van der Waals surface area contributed by atoms with Crippen LogP contribution in [0.1, 0.15) is 11.1 Å². The molecule has 0 aliphatic heterocycles. The SMILES string of the molecule is COCc1ccccc1CNc1ccc(F)cc1OC. The number of halogens is 1. The van der Waals surface area contributed by atoms with Gasteiger partial charge in [0.2, 0.25) is 0 Å². The summed E-state index contributed by atoms with van der Waals surface area (Å²) in [5.74, 6) is 0.182. The first-order valence-electron chi connectivity index (χ1n) is 6.37. The zero-order valence-corrected chi connectivity index (χ0v) is 11.7. The maximum absolute atomic E-state index is 13.1. The Morgan fingerprint density at radius 3 is 2.50 bits per heavy atom. The van der Waals surface area contributed by atoms with Gasteiger partial charge in [-0.05, 0) is 23.3 Å². The largest absolute Gasteiger partial charge is 0.494 e. The molecule has 0 spiro atoms. The molecule has 1 N–H and O–H groups in total. The van der Waals surface area contributed by atoms with Gasteiger partial charge < -0.3 is 14.8 Å². The average molecular weight is 275 g/mol. The third kappa shape index (κ3) is 3.48. The van der Waals surface area contributed by atoms with Crippen LogP contribution in [0.3, 0.4) is 0 Å². The number of nitrogens with one attached hydrogen (secondary N) is 1. The van der Waals surface area contributed by atoms with Gasteiger partial charge in [-0.25, -0.2) is 4.39 Å². The van der Waals surface area contributed by atoms with Gasteiger partial charge in [-0.15, -0.1) is 0 Å². The number of methoxy groups -OCH3 is 2. The van der Waals surface area contributed by atoms with Crippen molar-refractivity contribution in [3.05, 3.63) is 59.4 Å². The van der Waals surface area contributed by atoms with E-state index in [1.54, 1.807) is 13.2 Å². The summed E-state index contributed by atoms with van der Waals surface area (Å²) >= 11 is 0. The summed E-state index contributed by atoms with van der Waals surface area (Å²) in [6.45, 7) is 1.19. The molecule has 0 saturated carbocycles. The van der Waals surface area contributed by atoms with Crippen LogP contribution in [0.25, 0.3) is 0 Å². The van der Waals surface area contributed by atoms with E-state index in [0.717, 1.165) is 16.8 Å². The van der Waals surface area contributed by atoms with Crippen molar-refractivity contribution in [3.8, 4) is 5.75 Å². The van der Waals surface area contributed by atoms with Crippen molar-refractivity contribution in [2.45, 2.75) is 13.2 Å². The zero-order chi connectivity index (χ0) is 14.4. The summed E-state index contributed by atoms with van der Waals surface area (Å²) in [6, 6.07) is 12.5. The van der Waals surface area contributed by atoms with Crippen molar-refractivity contribution in [1.29, 1.82) is 0 Å². The molecule has 0 heterocycles. The molecule has 0 bridgehead atoms. The van der Waals surface area contributed by atoms with E-state index in [2.05, 4.69) is 5.32 Å². The molecule has 0 aliphatic rings. The van der Waals surface area contributed by atoms with E-state index >= 15 is 0 Å². The molecule has 2 aromatic rings. The Balaban J connectivity index is 2.13. The Morgan fingerprint density at radius 1 is 1.05 bits per heavy atom. The van der Waals surface area contributed by atoms with Gasteiger partial charge in [0.25, 0.3) is 0 Å². The Bertz CT molecular complexity index is 572. The second kappa shape index (κ2) is 6.91. The zero-order valence-electron chi connectivity index (χ0n) is 11.7. The predicted octanol–water partition coefficient (Wildman–Crippen LogP) is 3.59. The third-order valence-corrected chi connectivity index (χ3v) is 3.05. The fourth-order valence-corrected chi connectivity index (χ4v) is 2.03. The highest BCUT2D eigenvalue weighted by Crippen LogP contribution is 2.25. The van der Waals surface area contributed by atoms with Gasteiger partial charge in [0.05, 0.1) is 19.4 Å². The van der Waals surface area contributed by atoms with Crippen LogP contribution in [-0.2, 0) is 17.9 Å². The summed E-state index contributed by atoms with van der Waals surface area (Å²) in [5.41, 5.74) is 3.03. The Morgan fingerprint density at radius 2 is 1.80 bits per heavy atom. The van der Waals surface area contributed by atoms with Gasteiger partial charge in [-0.1, -0.05) is 24.3 Å². The van der Waals surface area contributed by atoms with Gasteiger partial charge in [-0.3, -0.25) is 0 Å². The number of hydrogen-bond acceptors (Lipinski definition) is 3. The predicted molar refractivity (Wildman–Crippen MR) is 77.4 cm³/mol. The fraction of sp³-hybridized carbons (Fsp3) is 0.250. The highest BCUT2D eigenvalue weighted by molar-refractivity contribution is 5.56. The van der Waals surface area contributed by atoms with Crippen molar-refractivity contribution in [3.63, 3.8) is 0 Å². The molecule has 0 aromatic heterocycles. The van der Waals surface area contributed by atoms with Gasteiger partial charge >= 0.3 is 0 Å². The minimum atomic E-state index is -0.313. The van der Waals surface area contributed by atoms with Crippen LogP contribution in [0.15, 0.2) is 42.5 Å². The summed E-state index contributed by atoms with van der Waals surface area (Å²) in [7, 11) is 3.20. The summed E-state index contributed by atoms with van der Waals surface area (Å²) in [6.07, 6.45) is 0. The highest BCUT2D eigenvalue weighted by Gasteiger charge is 2.06. The van der Waals surface area contributed by atoms with Crippen LogP contribution in [0.4, 0.5) is 10.1 Å². The second-order valence-electron chi connectivity index (χ2n) is 4.40. The summed E-state index contributed by atoms with van der Waals surface area (Å²) in [5, 5.41) is 3.26. The molecule has 106 valence electrons. The molecule has 0 aliphatic carbocycles. The van der Waals surface area contributed by atoms with E-state index in [0.29, 0.717) is 18.9 Å². The topological polar surface area (TPSA) is 30.5 Å². The average Bonchev–Trinajstić information content (AvgIpc) is 2.47. The normalized spacial score (nSPS) is 10.3. The molecule has 3 nitrogen and oxygen atoms in total. The maximum Gasteiger partial charge on any atom is 0.144 e. The van der Waals surface area contributed by atoms with E-state index < -0.39 is 0 Å². The van der Waals surface area contributed by atoms with E-state index in [1.807, 2.05) is 24.3 Å². The van der Waals surface area contributed by atoms with Crippen LogP contribution in [0, 0.1) is 5.82 Å². The van der Waals surface area contributed by atoms with Crippen molar-refractivity contribution >= 4 is 5.69 Å². The lowest BCUT2D eigenvalue weighted by molar-refractivity contribution is 0.184. The molecule has 4 heteroatoms. The second-order valence-corrected chi connectivity index (χ2v) is 4.40. The van der Waals surface area contributed by atoms with Crippen LogP contribution in [-0.4, -0.2) is 14.2 Å². The van der Waals surface area contributed by atoms with E-state index in [1.165, 1.54) is 19.2 Å². The first kappa shape index (κ1) is 14.3. The molecular formula is C16H18FNO2. The molecule has 2 rings (SSSR count). The molecule has 2 aromatic carbocycles. The molecule has 0 radical (unpaired) electrons. The lowest BCUT2D eigenvalue weighted by Crippen LogP contribution is -2.05. The van der Waals surface area contributed by atoms with Gasteiger partial charge in [-0.2, -0.15) is 0 Å². The Labute approximate surface area is 118 Å². The number of hydrogen-bond donors (Lipinski definition) is 1. The number of anilines is 1. The van der Waals surface area contributed by atoms with Gasteiger partial charge in [0, 0.05) is 19.7 Å². The minimum Gasteiger partial charge on any atom is -0.494 e. The standard InChI is InChI=1S/C16H18FNO2/c1-19-11-13-6-4-3-5-12(13)10-18-15-8-7-14(17)9-16(15)20-2/h3-9,18H,10-11H2,1-2H3. The third-order valence-electron chi connectivity index (χ3n) is 3.05. The van der Waals surface area contributed by atoms with Gasteiger partial charge in [0.15, 0.2) is 0 Å². The van der Waals surface area contributed by atoms with E-state index in [-0.39, 0.29) is 5.82 Å². The molecule has 20 heavy (non-hydrogen) atoms. The molecule has 0 unspecified atom stereocenters. The van der Waals surface area contributed by atoms with Crippen LogP contribution in [0.5, 0.6) is 5.75 Å². The highest BCUT2D eigenvalue weighted by atomic mass is 19.1. The Kier molecular flexibility index (Phi) is 4.96. The van der Waals surface area contributed by atoms with Crippen molar-refractivity contribution < 1.29 is 13.9 Å². The van der Waals surface area contributed by atoms with Crippen LogP contribution >= 0.6 is 0 Å². The molecule has 0 fully saturated rings.